The van der Waals surface area contributed by atoms with E-state index < -0.39 is 25.8 Å². The molecule has 0 bridgehead atoms. The molecule has 0 saturated heterocycles. The van der Waals surface area contributed by atoms with Gasteiger partial charge in [0.1, 0.15) is 0 Å². The number of fused-ring (bicyclic) bond motifs is 2. The van der Waals surface area contributed by atoms with Gasteiger partial charge >= 0.3 is 19.5 Å². The van der Waals surface area contributed by atoms with Crippen LogP contribution in [-0.4, -0.2) is 17.9 Å². The topological polar surface area (TPSA) is 120 Å². The van der Waals surface area contributed by atoms with E-state index in [1.807, 2.05) is 0 Å². The number of carboxylic acid groups (broad SMARTS) is 3. The molecule has 8 heteroatoms. The quantitative estimate of drug-likeness (QED) is 0.203. The van der Waals surface area contributed by atoms with Gasteiger partial charge in [0.15, 0.2) is 0 Å². The summed E-state index contributed by atoms with van der Waals surface area (Å²) in [5.41, 5.74) is 2.66. The molecule has 0 aliphatic heterocycles. The van der Waals surface area contributed by atoms with E-state index in [2.05, 4.69) is 140 Å². The first kappa shape index (κ1) is 37.5. The first-order valence-electron chi connectivity index (χ1n) is 14.0. The molecule has 0 N–H and O–H groups in total. The SMILES string of the molecule is CC(=O)[O-].CC(=O)[O-].CC(=O)[O-].[Ru+3].c1ccc(P(c2ccccc2)c2ccc3ccccc3c2-c2cccc3ccccc23)cc1. The van der Waals surface area contributed by atoms with E-state index in [4.69, 9.17) is 29.7 Å². The number of carboxylic acids is 3. The Balaban J connectivity index is 0.000000492. The molecular weight excluding hydrogens is 684 g/mol. The predicted molar refractivity (Wildman–Crippen MR) is 178 cm³/mol. The Morgan fingerprint density at radius 3 is 1.30 bits per heavy atom. The number of benzene rings is 6. The summed E-state index contributed by atoms with van der Waals surface area (Å²) in [5, 5.41) is 36.0. The van der Waals surface area contributed by atoms with Crippen LogP contribution in [-0.2, 0) is 33.9 Å². The molecule has 6 rings (SSSR count). The van der Waals surface area contributed by atoms with E-state index in [-0.39, 0.29) is 19.5 Å². The molecule has 0 aliphatic carbocycles. The van der Waals surface area contributed by atoms with Gasteiger partial charge in [-0.2, -0.15) is 0 Å². The van der Waals surface area contributed by atoms with Crippen LogP contribution >= 0.6 is 7.92 Å². The van der Waals surface area contributed by atoms with E-state index in [1.165, 1.54) is 48.6 Å². The van der Waals surface area contributed by atoms with Crippen LogP contribution in [0.25, 0.3) is 32.7 Å². The van der Waals surface area contributed by atoms with Gasteiger partial charge in [0.05, 0.1) is 0 Å². The third-order valence-corrected chi connectivity index (χ3v) is 8.72. The fraction of sp³-hybridized carbons (Fsp3) is 0.0789. The molecule has 6 aromatic rings. The molecule has 233 valence electrons. The van der Waals surface area contributed by atoms with Crippen molar-refractivity contribution < 1.29 is 49.2 Å². The average molecular weight is 717 g/mol. The van der Waals surface area contributed by atoms with Crippen molar-refractivity contribution >= 4 is 63.3 Å². The number of rotatable bonds is 4. The van der Waals surface area contributed by atoms with Crippen LogP contribution in [0.1, 0.15) is 20.8 Å². The Hall–Kier alpha value is -4.70. The molecule has 46 heavy (non-hydrogen) atoms. The van der Waals surface area contributed by atoms with E-state index in [0.29, 0.717) is 0 Å². The van der Waals surface area contributed by atoms with Crippen molar-refractivity contribution in [3.05, 3.63) is 140 Å². The van der Waals surface area contributed by atoms with E-state index in [0.717, 1.165) is 20.8 Å². The summed E-state index contributed by atoms with van der Waals surface area (Å²) in [6.07, 6.45) is 0. The minimum atomic E-state index is -1.08. The molecule has 6 nitrogen and oxygen atoms in total. The minimum Gasteiger partial charge on any atom is -0.550 e. The van der Waals surface area contributed by atoms with Crippen LogP contribution < -0.4 is 31.2 Å². The summed E-state index contributed by atoms with van der Waals surface area (Å²) in [5.74, 6) is -3.25. The second-order valence-electron chi connectivity index (χ2n) is 9.69. The summed E-state index contributed by atoms with van der Waals surface area (Å²) >= 11 is 0. The summed E-state index contributed by atoms with van der Waals surface area (Å²) in [6, 6.07) is 50.8. The van der Waals surface area contributed by atoms with Gasteiger partial charge in [0, 0.05) is 17.9 Å². The molecule has 0 fully saturated rings. The van der Waals surface area contributed by atoms with Crippen LogP contribution in [0.5, 0.6) is 0 Å². The Bertz CT molecular complexity index is 1790. The molecule has 0 saturated carbocycles. The van der Waals surface area contributed by atoms with Gasteiger partial charge < -0.3 is 29.7 Å². The number of hydrogen-bond donors (Lipinski definition) is 0. The van der Waals surface area contributed by atoms with Gasteiger partial charge in [-0.3, -0.25) is 0 Å². The van der Waals surface area contributed by atoms with Crippen LogP contribution in [0.15, 0.2) is 140 Å². The molecular formula is C38H32O6PRu. The van der Waals surface area contributed by atoms with Crippen LogP contribution in [0.4, 0.5) is 0 Å². The maximum Gasteiger partial charge on any atom is 3.00 e. The van der Waals surface area contributed by atoms with Crippen molar-refractivity contribution in [2.75, 3.05) is 0 Å². The second-order valence-corrected chi connectivity index (χ2v) is 11.9. The monoisotopic (exact) mass is 717 g/mol. The fourth-order valence-corrected chi connectivity index (χ4v) is 7.24. The predicted octanol–water partition coefficient (Wildman–Crippen LogP) is 3.68. The molecule has 0 aromatic heterocycles. The summed E-state index contributed by atoms with van der Waals surface area (Å²) in [4.78, 5) is 26.7. The Labute approximate surface area is 282 Å². The first-order chi connectivity index (χ1) is 21.6. The molecule has 0 atom stereocenters. The van der Waals surface area contributed by atoms with Crippen molar-refractivity contribution in [3.63, 3.8) is 0 Å². The molecule has 0 unspecified atom stereocenters. The van der Waals surface area contributed by atoms with Crippen molar-refractivity contribution in [2.24, 2.45) is 0 Å². The van der Waals surface area contributed by atoms with Crippen molar-refractivity contribution in [1.29, 1.82) is 0 Å². The number of hydrogen-bond acceptors (Lipinski definition) is 6. The Morgan fingerprint density at radius 2 is 0.826 bits per heavy atom. The molecule has 0 amide bonds. The van der Waals surface area contributed by atoms with Gasteiger partial charge in [0.2, 0.25) is 0 Å². The summed E-state index contributed by atoms with van der Waals surface area (Å²) in [6.45, 7) is 2.92. The summed E-state index contributed by atoms with van der Waals surface area (Å²) < 4.78 is 0. The Kier molecular flexibility index (Phi) is 15.5. The maximum absolute atomic E-state index is 8.89. The zero-order chi connectivity index (χ0) is 32.8. The normalized spacial score (nSPS) is 9.74. The molecule has 6 aromatic carbocycles. The van der Waals surface area contributed by atoms with Crippen LogP contribution in [0.2, 0.25) is 0 Å². The molecule has 0 heterocycles. The standard InChI is InChI=1S/C32H23P.3C2H4O2.Ru/c1-3-15-26(16-4-1)33(27-17-5-2-6-18-27)31-23-22-25-13-8-10-20-29(25)32(31)30-21-11-14-24-12-7-9-19-28(24)30;3*1-2(3)4;/h1-23H;3*1H3,(H,3,4);/q;;;;+3/p-3. The largest absolute Gasteiger partial charge is 3.00 e. The van der Waals surface area contributed by atoms with Crippen LogP contribution in [0.3, 0.4) is 0 Å². The van der Waals surface area contributed by atoms with Gasteiger partial charge in [-0.1, -0.05) is 140 Å². The zero-order valence-corrected chi connectivity index (χ0v) is 28.2. The first-order valence-corrected chi connectivity index (χ1v) is 15.4. The summed E-state index contributed by atoms with van der Waals surface area (Å²) in [7, 11) is -0.719. The van der Waals surface area contributed by atoms with Gasteiger partial charge in [-0.25, -0.2) is 0 Å². The van der Waals surface area contributed by atoms with Gasteiger partial charge in [0.25, 0.3) is 0 Å². The molecule has 0 aliphatic rings. The zero-order valence-electron chi connectivity index (χ0n) is 25.5. The minimum absolute atomic E-state index is 0. The fourth-order valence-electron chi connectivity index (χ4n) is 4.75. The molecule has 1 radical (unpaired) electrons. The van der Waals surface area contributed by atoms with Gasteiger partial charge in [-0.05, 0) is 77.3 Å². The van der Waals surface area contributed by atoms with E-state index in [9.17, 15) is 0 Å². The number of carbonyl (C=O) groups is 3. The van der Waals surface area contributed by atoms with Gasteiger partial charge in [-0.15, -0.1) is 0 Å². The van der Waals surface area contributed by atoms with Crippen molar-refractivity contribution in [2.45, 2.75) is 20.8 Å². The smallest absolute Gasteiger partial charge is 0.550 e. The Morgan fingerprint density at radius 1 is 0.457 bits per heavy atom. The van der Waals surface area contributed by atoms with E-state index >= 15 is 0 Å². The second kappa shape index (κ2) is 19.0. The van der Waals surface area contributed by atoms with Crippen LogP contribution in [0, 0.1) is 0 Å². The number of carbonyl (C=O) groups excluding carboxylic acids is 3. The third-order valence-electron chi connectivity index (χ3n) is 6.24. The van der Waals surface area contributed by atoms with Crippen molar-refractivity contribution in [3.8, 4) is 11.1 Å². The van der Waals surface area contributed by atoms with Crippen molar-refractivity contribution in [1.82, 2.24) is 0 Å². The molecule has 0 spiro atoms. The average Bonchev–Trinajstić information content (AvgIpc) is 3.01. The maximum atomic E-state index is 8.89. The van der Waals surface area contributed by atoms with E-state index in [1.54, 1.807) is 0 Å². The third kappa shape index (κ3) is 11.0. The number of aliphatic carboxylic acids is 3.